The first-order valence-corrected chi connectivity index (χ1v) is 27.9. The first kappa shape index (κ1) is 62.7. The molecule has 0 aromatic rings. The summed E-state index contributed by atoms with van der Waals surface area (Å²) >= 11 is 0. The fourth-order valence-electron chi connectivity index (χ4n) is 8.60. The molecule has 0 aliphatic carbocycles. The molecule has 1 aliphatic rings. The van der Waals surface area contributed by atoms with Gasteiger partial charge in [-0.3, -0.25) is 9.59 Å². The summed E-state index contributed by atoms with van der Waals surface area (Å²) in [4.78, 5) is 27.1. The summed E-state index contributed by atoms with van der Waals surface area (Å²) in [6, 6.07) is 0. The lowest BCUT2D eigenvalue weighted by atomic mass is 9.98. The summed E-state index contributed by atoms with van der Waals surface area (Å²) < 4.78 is 30.2. The predicted octanol–water partition coefficient (Wildman–Crippen LogP) is 14.9. The highest BCUT2D eigenvalue weighted by Gasteiger charge is 2.46. The number of carbonyl (C=O) groups is 2. The zero-order valence-corrected chi connectivity index (χ0v) is 44.4. The number of esters is 1. The van der Waals surface area contributed by atoms with E-state index in [-0.39, 0.29) is 24.1 Å². The van der Waals surface area contributed by atoms with Gasteiger partial charge in [-0.2, -0.15) is 0 Å². The number of hydrogen-bond donors (Lipinski definition) is 1. The quantitative estimate of drug-likeness (QED) is 0.0366. The first-order chi connectivity index (χ1) is 32.9. The lowest BCUT2D eigenvalue weighted by Gasteiger charge is -2.29. The summed E-state index contributed by atoms with van der Waals surface area (Å²) in [5, 5.41) is 2.89. The average Bonchev–Trinajstić information content (AvgIpc) is 3.66. The van der Waals surface area contributed by atoms with Crippen LogP contribution in [0.25, 0.3) is 0 Å². The number of ether oxygens (including phenoxy) is 5. The normalized spacial score (nSPS) is 16.3. The van der Waals surface area contributed by atoms with Gasteiger partial charge in [0.25, 0.3) is 0 Å². The number of nitrogens with zero attached hydrogens (tertiary/aromatic N) is 1. The summed E-state index contributed by atoms with van der Waals surface area (Å²) in [5.41, 5.74) is 0. The molecule has 0 saturated carbocycles. The van der Waals surface area contributed by atoms with E-state index in [1.165, 1.54) is 128 Å². The Kier molecular flexibility index (Phi) is 44.4. The molecule has 1 aliphatic heterocycles. The van der Waals surface area contributed by atoms with Crippen molar-refractivity contribution in [2.24, 2.45) is 0 Å². The molecule has 1 N–H and O–H groups in total. The third kappa shape index (κ3) is 40.2. The van der Waals surface area contributed by atoms with Crippen LogP contribution in [0, 0.1) is 0 Å². The highest BCUT2D eigenvalue weighted by molar-refractivity contribution is 5.75. The number of allylic oxidation sites excluding steroid dienone is 8. The van der Waals surface area contributed by atoms with Crippen LogP contribution in [0.4, 0.5) is 0 Å². The molecule has 0 aromatic carbocycles. The van der Waals surface area contributed by atoms with E-state index in [4.69, 9.17) is 23.7 Å². The minimum absolute atomic E-state index is 0.00399. The number of rotatable bonds is 49. The predicted molar refractivity (Wildman–Crippen MR) is 283 cm³/mol. The van der Waals surface area contributed by atoms with Crippen molar-refractivity contribution in [1.29, 1.82) is 0 Å². The van der Waals surface area contributed by atoms with Gasteiger partial charge in [-0.1, -0.05) is 152 Å². The number of amides is 1. The molecular weight excluding hydrogens is 837 g/mol. The van der Waals surface area contributed by atoms with Crippen LogP contribution in [0.1, 0.15) is 232 Å². The van der Waals surface area contributed by atoms with Gasteiger partial charge >= 0.3 is 5.97 Å². The van der Waals surface area contributed by atoms with Crippen molar-refractivity contribution in [2.45, 2.75) is 250 Å². The molecule has 0 spiro atoms. The second-order valence-electron chi connectivity index (χ2n) is 19.4. The maximum Gasteiger partial charge on any atom is 0.305 e. The Bertz CT molecular complexity index is 1190. The monoisotopic (exact) mass is 943 g/mol. The van der Waals surface area contributed by atoms with E-state index in [1.807, 2.05) is 0 Å². The number of hydrogen-bond acceptors (Lipinski definition) is 8. The van der Waals surface area contributed by atoms with Crippen molar-refractivity contribution in [1.82, 2.24) is 10.2 Å². The molecule has 1 saturated heterocycles. The van der Waals surface area contributed by atoms with Crippen LogP contribution >= 0.6 is 0 Å². The van der Waals surface area contributed by atoms with Crippen LogP contribution < -0.4 is 5.32 Å². The summed E-state index contributed by atoms with van der Waals surface area (Å²) in [6.45, 7) is 7.89. The average molecular weight is 943 g/mol. The minimum Gasteiger partial charge on any atom is -0.466 e. The van der Waals surface area contributed by atoms with Gasteiger partial charge in [-0.05, 0) is 110 Å². The third-order valence-corrected chi connectivity index (χ3v) is 12.7. The Hall–Kier alpha value is -2.30. The van der Waals surface area contributed by atoms with Crippen molar-refractivity contribution in [3.63, 3.8) is 0 Å². The Labute approximate surface area is 413 Å². The maximum absolute atomic E-state index is 12.8. The highest BCUT2D eigenvalue weighted by Crippen LogP contribution is 2.40. The van der Waals surface area contributed by atoms with Crippen molar-refractivity contribution in [2.75, 3.05) is 60.7 Å². The second kappa shape index (κ2) is 47.4. The van der Waals surface area contributed by atoms with Gasteiger partial charge in [-0.15, -0.1) is 0 Å². The van der Waals surface area contributed by atoms with E-state index >= 15 is 0 Å². The van der Waals surface area contributed by atoms with Gasteiger partial charge in [0.15, 0.2) is 5.79 Å². The van der Waals surface area contributed by atoms with E-state index in [2.05, 4.69) is 86.8 Å². The fraction of sp³-hybridized carbons (Fsp3) is 0.828. The number of unbranched alkanes of at least 4 members (excludes halogenated alkanes) is 21. The lowest BCUT2D eigenvalue weighted by molar-refractivity contribution is -0.188. The van der Waals surface area contributed by atoms with Crippen molar-refractivity contribution in [3.8, 4) is 0 Å². The summed E-state index contributed by atoms with van der Waals surface area (Å²) in [7, 11) is 5.87. The molecule has 0 bridgehead atoms. The van der Waals surface area contributed by atoms with Crippen LogP contribution in [0.2, 0.25) is 0 Å². The lowest BCUT2D eigenvalue weighted by Crippen LogP contribution is -2.31. The standard InChI is InChI=1S/C58H106N2O7/c1-6-8-10-12-14-16-18-20-22-24-26-28-30-32-36-40-46-58(47-41-37-33-31-29-27-25-23-21-19-17-15-13-11-9-7-2)66-54(44-49-60(3)4)55(67-58)45-50-65-57(62)43-39-35-34-38-42-56(61)59-48-51-64-53-52-63-5/h14-17,20-23,54-55H,6-13,18-19,24-53H2,1-5H3,(H,59,61)/b16-14-,17-15-,22-20-,23-21-. The summed E-state index contributed by atoms with van der Waals surface area (Å²) in [6.07, 6.45) is 56.0. The molecule has 9 heteroatoms. The molecule has 67 heavy (non-hydrogen) atoms. The zero-order chi connectivity index (χ0) is 48.6. The molecule has 1 heterocycles. The van der Waals surface area contributed by atoms with E-state index in [9.17, 15) is 9.59 Å². The molecular formula is C58H106N2O7. The van der Waals surface area contributed by atoms with Crippen LogP contribution in [-0.2, 0) is 33.3 Å². The molecule has 0 radical (unpaired) electrons. The molecule has 0 aromatic heterocycles. The number of nitrogens with one attached hydrogen (secondary N) is 1. The molecule has 390 valence electrons. The van der Waals surface area contributed by atoms with Gasteiger partial charge in [0.2, 0.25) is 5.91 Å². The van der Waals surface area contributed by atoms with Crippen LogP contribution in [0.15, 0.2) is 48.6 Å². The molecule has 2 atom stereocenters. The van der Waals surface area contributed by atoms with E-state index in [1.54, 1.807) is 7.11 Å². The molecule has 2 unspecified atom stereocenters. The molecule has 1 amide bonds. The zero-order valence-electron chi connectivity index (χ0n) is 44.4. The Morgan fingerprint density at radius 2 is 1.00 bits per heavy atom. The SMILES string of the molecule is CCCCC/C=C\C/C=C\CCCCCCCCC1(CCCCCCCC/C=C\C/C=C\CCCCC)OC(CCOC(=O)CCCCCCC(=O)NCCOCCOC)C(CCN(C)C)O1. The first-order valence-electron chi connectivity index (χ1n) is 27.9. The largest absolute Gasteiger partial charge is 0.466 e. The fourth-order valence-corrected chi connectivity index (χ4v) is 8.60. The molecule has 9 nitrogen and oxygen atoms in total. The van der Waals surface area contributed by atoms with E-state index in [0.29, 0.717) is 52.2 Å². The maximum atomic E-state index is 12.8. The van der Waals surface area contributed by atoms with Gasteiger partial charge in [0.1, 0.15) is 0 Å². The molecule has 1 fully saturated rings. The van der Waals surface area contributed by atoms with E-state index < -0.39 is 5.79 Å². The van der Waals surface area contributed by atoms with Gasteiger partial charge < -0.3 is 33.9 Å². The van der Waals surface area contributed by atoms with Crippen molar-refractivity contribution in [3.05, 3.63) is 48.6 Å². The molecule has 1 rings (SSSR count). The van der Waals surface area contributed by atoms with Gasteiger partial charge in [0, 0.05) is 52.3 Å². The Morgan fingerprint density at radius 1 is 0.537 bits per heavy atom. The topological polar surface area (TPSA) is 95.6 Å². The van der Waals surface area contributed by atoms with Gasteiger partial charge in [0.05, 0.1) is 38.6 Å². The minimum atomic E-state index is -0.551. The van der Waals surface area contributed by atoms with Crippen molar-refractivity contribution < 1.29 is 33.3 Å². The highest BCUT2D eigenvalue weighted by atomic mass is 16.8. The third-order valence-electron chi connectivity index (χ3n) is 12.7. The number of carbonyl (C=O) groups excluding carboxylic acids is 2. The Morgan fingerprint density at radius 3 is 1.51 bits per heavy atom. The van der Waals surface area contributed by atoms with Crippen molar-refractivity contribution >= 4 is 11.9 Å². The smallest absolute Gasteiger partial charge is 0.305 e. The van der Waals surface area contributed by atoms with Crippen LogP contribution in [0.5, 0.6) is 0 Å². The second-order valence-corrected chi connectivity index (χ2v) is 19.4. The Balaban J connectivity index is 2.57. The van der Waals surface area contributed by atoms with Crippen LogP contribution in [-0.4, -0.2) is 95.5 Å². The van der Waals surface area contributed by atoms with Crippen LogP contribution in [0.3, 0.4) is 0 Å². The number of methoxy groups -OCH3 is 1. The van der Waals surface area contributed by atoms with Gasteiger partial charge in [-0.25, -0.2) is 0 Å². The summed E-state index contributed by atoms with van der Waals surface area (Å²) in [5.74, 6) is -0.655. The van der Waals surface area contributed by atoms with E-state index in [0.717, 1.165) is 77.2 Å².